The van der Waals surface area contributed by atoms with E-state index < -0.39 is 17.8 Å². The summed E-state index contributed by atoms with van der Waals surface area (Å²) < 4.78 is 21.4. The number of H-pyrrole nitrogens is 2. The monoisotopic (exact) mass is 647 g/mol. The lowest BCUT2D eigenvalue weighted by molar-refractivity contribution is -0.142. The molecule has 0 bridgehead atoms. The van der Waals surface area contributed by atoms with Crippen LogP contribution in [0, 0.1) is 12.8 Å². The van der Waals surface area contributed by atoms with E-state index in [2.05, 4.69) is 35.3 Å². The summed E-state index contributed by atoms with van der Waals surface area (Å²) in [7, 11) is 1.27. The number of anilines is 2. The standard InChI is InChI=1S/C32H37N7O8/c1-18(2)15-46-32(43)39-11-9-20(10-12-39)47-22-6-7-23(19(3)13-22)35-29(41)27-28(34-17-33-27)30(42)38-31-36-24-8-5-21(14-25(24)37-31)45-16-26(40)44-4/h5-8,13-14,17-18,20H,9-12,15-16H2,1-4H3,(H,33,34)(H,35,41)(H2,36,37,38,42). The number of nitrogens with one attached hydrogen (secondary N) is 4. The van der Waals surface area contributed by atoms with Crippen LogP contribution < -0.4 is 20.1 Å². The van der Waals surface area contributed by atoms with Crippen molar-refractivity contribution in [3.05, 3.63) is 59.7 Å². The molecule has 3 amide bonds. The van der Waals surface area contributed by atoms with Gasteiger partial charge in [0.1, 0.15) is 23.3 Å². The van der Waals surface area contributed by atoms with Crippen LogP contribution in [0.1, 0.15) is 53.2 Å². The maximum atomic E-state index is 13.2. The summed E-state index contributed by atoms with van der Waals surface area (Å²) in [5.41, 5.74) is 2.23. The van der Waals surface area contributed by atoms with E-state index in [1.54, 1.807) is 35.2 Å². The highest BCUT2D eigenvalue weighted by atomic mass is 16.6. The Labute approximate surface area is 270 Å². The molecule has 1 fully saturated rings. The molecule has 0 radical (unpaired) electrons. The third-order valence-electron chi connectivity index (χ3n) is 7.34. The molecule has 1 aliphatic rings. The largest absolute Gasteiger partial charge is 0.490 e. The maximum Gasteiger partial charge on any atom is 0.409 e. The van der Waals surface area contributed by atoms with Crippen LogP contribution >= 0.6 is 0 Å². The molecular weight excluding hydrogens is 610 g/mol. The van der Waals surface area contributed by atoms with E-state index in [9.17, 15) is 19.2 Å². The Hall–Kier alpha value is -5.60. The zero-order chi connectivity index (χ0) is 33.5. The molecule has 0 unspecified atom stereocenters. The predicted octanol–water partition coefficient (Wildman–Crippen LogP) is 4.29. The fourth-order valence-corrected chi connectivity index (χ4v) is 4.85. The Morgan fingerprint density at radius 1 is 1.02 bits per heavy atom. The van der Waals surface area contributed by atoms with Crippen LogP contribution in [0.15, 0.2) is 42.7 Å². The number of benzene rings is 2. The van der Waals surface area contributed by atoms with Crippen molar-refractivity contribution in [1.82, 2.24) is 24.8 Å². The van der Waals surface area contributed by atoms with Gasteiger partial charge in [-0.2, -0.15) is 0 Å². The van der Waals surface area contributed by atoms with Crippen LogP contribution in [0.5, 0.6) is 11.5 Å². The number of piperidine rings is 1. The molecule has 5 rings (SSSR count). The Bertz CT molecular complexity index is 1760. The number of rotatable bonds is 11. The SMILES string of the molecule is COC(=O)COc1ccc2[nH]c(NC(=O)c3[nH]cnc3C(=O)Nc3ccc(OC4CCN(C(=O)OCC(C)C)CC4)cc3C)nc2c1. The molecule has 3 heterocycles. The Balaban J connectivity index is 1.15. The summed E-state index contributed by atoms with van der Waals surface area (Å²) in [5, 5.41) is 5.44. The van der Waals surface area contributed by atoms with Gasteiger partial charge in [-0.1, -0.05) is 13.8 Å². The number of ether oxygens (including phenoxy) is 4. The second-order valence-corrected chi connectivity index (χ2v) is 11.4. The molecule has 47 heavy (non-hydrogen) atoms. The lowest BCUT2D eigenvalue weighted by Crippen LogP contribution is -2.42. The summed E-state index contributed by atoms with van der Waals surface area (Å²) in [4.78, 5) is 65.6. The molecule has 15 heteroatoms. The van der Waals surface area contributed by atoms with E-state index in [1.807, 2.05) is 26.8 Å². The van der Waals surface area contributed by atoms with Gasteiger partial charge in [0.25, 0.3) is 11.8 Å². The van der Waals surface area contributed by atoms with Crippen molar-refractivity contribution in [2.45, 2.75) is 39.7 Å². The number of aromatic amines is 2. The number of nitrogens with zero attached hydrogens (tertiary/aromatic N) is 3. The van der Waals surface area contributed by atoms with Crippen molar-refractivity contribution in [2.24, 2.45) is 5.92 Å². The van der Waals surface area contributed by atoms with Crippen molar-refractivity contribution in [1.29, 1.82) is 0 Å². The van der Waals surface area contributed by atoms with Gasteiger partial charge in [-0.25, -0.2) is 19.6 Å². The number of fused-ring (bicyclic) bond motifs is 1. The first-order valence-corrected chi connectivity index (χ1v) is 15.1. The van der Waals surface area contributed by atoms with Gasteiger partial charge in [-0.05, 0) is 48.7 Å². The van der Waals surface area contributed by atoms with Crippen molar-refractivity contribution in [3.8, 4) is 11.5 Å². The summed E-state index contributed by atoms with van der Waals surface area (Å²) in [5.74, 6) is -0.267. The molecule has 0 saturated carbocycles. The van der Waals surface area contributed by atoms with Crippen molar-refractivity contribution < 1.29 is 38.1 Å². The fraction of sp³-hybridized carbons (Fsp3) is 0.375. The number of carbonyl (C=O) groups is 4. The minimum absolute atomic E-state index is 0.0529. The first-order valence-electron chi connectivity index (χ1n) is 15.1. The third kappa shape index (κ3) is 8.36. The lowest BCUT2D eigenvalue weighted by Gasteiger charge is -2.31. The maximum absolute atomic E-state index is 13.2. The molecular formula is C32H37N7O8. The first kappa shape index (κ1) is 32.8. The van der Waals surface area contributed by atoms with Gasteiger partial charge in [-0.15, -0.1) is 0 Å². The van der Waals surface area contributed by atoms with E-state index in [0.717, 1.165) is 5.56 Å². The molecule has 0 atom stereocenters. The fourth-order valence-electron chi connectivity index (χ4n) is 4.85. The number of likely N-dealkylation sites (tertiary alicyclic amines) is 1. The molecule has 1 aliphatic heterocycles. The van der Waals surface area contributed by atoms with E-state index >= 15 is 0 Å². The molecule has 248 valence electrons. The number of amides is 3. The van der Waals surface area contributed by atoms with Gasteiger partial charge in [0.15, 0.2) is 12.3 Å². The van der Waals surface area contributed by atoms with Crippen LogP contribution in [0.25, 0.3) is 11.0 Å². The number of esters is 1. The summed E-state index contributed by atoms with van der Waals surface area (Å²) in [6.45, 7) is 7.08. The zero-order valence-corrected chi connectivity index (χ0v) is 26.5. The molecule has 2 aromatic heterocycles. The summed E-state index contributed by atoms with van der Waals surface area (Å²) >= 11 is 0. The van der Waals surface area contributed by atoms with Crippen molar-refractivity contribution >= 4 is 46.5 Å². The molecule has 2 aromatic carbocycles. The second-order valence-electron chi connectivity index (χ2n) is 11.4. The van der Waals surface area contributed by atoms with Gasteiger partial charge in [-0.3, -0.25) is 14.9 Å². The van der Waals surface area contributed by atoms with E-state index in [-0.39, 0.29) is 42.1 Å². The number of hydrogen-bond donors (Lipinski definition) is 4. The number of methoxy groups -OCH3 is 1. The highest BCUT2D eigenvalue weighted by Gasteiger charge is 2.26. The topological polar surface area (TPSA) is 190 Å². The van der Waals surface area contributed by atoms with Gasteiger partial charge in [0.05, 0.1) is 31.1 Å². The molecule has 0 aliphatic carbocycles. The second kappa shape index (κ2) is 14.7. The predicted molar refractivity (Wildman–Crippen MR) is 171 cm³/mol. The quantitative estimate of drug-likeness (QED) is 0.171. The lowest BCUT2D eigenvalue weighted by atomic mass is 10.1. The van der Waals surface area contributed by atoms with Gasteiger partial charge in [0.2, 0.25) is 5.95 Å². The minimum Gasteiger partial charge on any atom is -0.490 e. The smallest absolute Gasteiger partial charge is 0.409 e. The van der Waals surface area contributed by atoms with Crippen LogP contribution in [-0.4, -0.2) is 88.2 Å². The normalized spacial score (nSPS) is 13.3. The molecule has 4 aromatic rings. The Morgan fingerprint density at radius 3 is 2.51 bits per heavy atom. The Morgan fingerprint density at radius 2 is 1.79 bits per heavy atom. The van der Waals surface area contributed by atoms with Crippen LogP contribution in [0.4, 0.5) is 16.4 Å². The zero-order valence-electron chi connectivity index (χ0n) is 26.5. The number of hydrogen-bond acceptors (Lipinski definition) is 10. The number of aromatic nitrogens is 4. The number of aryl methyl sites for hydroxylation is 1. The van der Waals surface area contributed by atoms with Crippen molar-refractivity contribution in [2.75, 3.05) is 44.0 Å². The van der Waals surface area contributed by atoms with E-state index in [1.165, 1.54) is 13.4 Å². The van der Waals surface area contributed by atoms with Gasteiger partial charge >= 0.3 is 12.1 Å². The van der Waals surface area contributed by atoms with Crippen LogP contribution in [0.3, 0.4) is 0 Å². The summed E-state index contributed by atoms with van der Waals surface area (Å²) in [6, 6.07) is 10.3. The average Bonchev–Trinajstić information content (AvgIpc) is 3.71. The van der Waals surface area contributed by atoms with E-state index in [4.69, 9.17) is 14.2 Å². The first-order chi connectivity index (χ1) is 22.6. The van der Waals surface area contributed by atoms with Crippen molar-refractivity contribution in [3.63, 3.8) is 0 Å². The van der Waals surface area contributed by atoms with E-state index in [0.29, 0.717) is 60.8 Å². The van der Waals surface area contributed by atoms with Gasteiger partial charge < -0.3 is 39.1 Å². The molecule has 4 N–H and O–H groups in total. The number of carbonyl (C=O) groups excluding carboxylic acids is 4. The third-order valence-corrected chi connectivity index (χ3v) is 7.34. The van der Waals surface area contributed by atoms with Gasteiger partial charge in [0, 0.05) is 37.7 Å². The van der Waals surface area contributed by atoms with Crippen LogP contribution in [0.2, 0.25) is 0 Å². The average molecular weight is 648 g/mol. The molecule has 1 saturated heterocycles. The Kier molecular flexibility index (Phi) is 10.2. The van der Waals surface area contributed by atoms with Crippen LogP contribution in [-0.2, 0) is 14.3 Å². The molecule has 15 nitrogen and oxygen atoms in total. The highest BCUT2D eigenvalue weighted by Crippen LogP contribution is 2.26. The summed E-state index contributed by atoms with van der Waals surface area (Å²) in [6.07, 6.45) is 2.27. The molecule has 0 spiro atoms. The minimum atomic E-state index is -0.631. The number of imidazole rings is 2. The highest BCUT2D eigenvalue weighted by molar-refractivity contribution is 6.13.